The van der Waals surface area contributed by atoms with Crippen molar-refractivity contribution in [3.63, 3.8) is 0 Å². The first-order valence-corrected chi connectivity index (χ1v) is 7.60. The fraction of sp³-hybridized carbons (Fsp3) is 0.688. The summed E-state index contributed by atoms with van der Waals surface area (Å²) in [6, 6.07) is 6.27. The highest BCUT2D eigenvalue weighted by Gasteiger charge is 2.25. The Morgan fingerprint density at radius 3 is 2.50 bits per heavy atom. The average Bonchev–Trinajstić information content (AvgIpc) is 2.36. The van der Waals surface area contributed by atoms with Crippen LogP contribution in [-0.4, -0.2) is 12.3 Å². The van der Waals surface area contributed by atoms with Crippen molar-refractivity contribution in [3.05, 3.63) is 24.4 Å². The van der Waals surface area contributed by atoms with E-state index in [9.17, 15) is 0 Å². The Morgan fingerprint density at radius 2 is 1.89 bits per heavy atom. The first-order valence-electron chi connectivity index (χ1n) is 7.60. The Balaban J connectivity index is 2.51. The van der Waals surface area contributed by atoms with E-state index in [2.05, 4.69) is 37.9 Å². The van der Waals surface area contributed by atoms with E-state index < -0.39 is 0 Å². The van der Waals surface area contributed by atoms with Crippen LogP contribution in [-0.2, 0) is 0 Å². The molecule has 1 nitrogen and oxygen atoms in total. The van der Waals surface area contributed by atoms with Gasteiger partial charge in [0, 0.05) is 11.8 Å². The van der Waals surface area contributed by atoms with Crippen LogP contribution in [0, 0.1) is 0 Å². The molecule has 1 atom stereocenters. The van der Waals surface area contributed by atoms with Gasteiger partial charge in [0.1, 0.15) is 0 Å². The van der Waals surface area contributed by atoms with Crippen LogP contribution in [0.4, 0.5) is 0 Å². The lowest BCUT2D eigenvalue weighted by atomic mass is 9.48. The van der Waals surface area contributed by atoms with E-state index in [1.807, 2.05) is 12.3 Å². The van der Waals surface area contributed by atoms with E-state index in [-0.39, 0.29) is 0 Å². The monoisotopic (exact) mass is 245 g/mol. The van der Waals surface area contributed by atoms with Crippen molar-refractivity contribution in [3.8, 4) is 0 Å². The molecule has 1 heterocycles. The second-order valence-electron chi connectivity index (χ2n) is 5.87. The van der Waals surface area contributed by atoms with Crippen LogP contribution in [0.2, 0.25) is 5.31 Å². The van der Waals surface area contributed by atoms with Crippen LogP contribution in [0.5, 0.6) is 0 Å². The number of pyridine rings is 1. The fourth-order valence-electron chi connectivity index (χ4n) is 2.82. The lowest BCUT2D eigenvalue weighted by Crippen LogP contribution is -2.29. The van der Waals surface area contributed by atoms with Crippen LogP contribution in [0.15, 0.2) is 24.4 Å². The quantitative estimate of drug-likeness (QED) is 0.471. The van der Waals surface area contributed by atoms with Gasteiger partial charge in [-0.1, -0.05) is 83.2 Å². The molecule has 1 aromatic rings. The number of hydrogen-bond acceptors (Lipinski definition) is 1. The van der Waals surface area contributed by atoms with Crippen LogP contribution in [0.3, 0.4) is 0 Å². The second kappa shape index (κ2) is 8.34. The molecular weight excluding hydrogens is 217 g/mol. The van der Waals surface area contributed by atoms with Gasteiger partial charge in [0.2, 0.25) is 0 Å². The molecule has 2 heteroatoms. The standard InChI is InChI=1S/C16H28BN/c1-4-6-7-9-13-16(3,12-5-2)17-15-11-8-10-14-18-15/h8,10-11,14,17H,4-7,9,12-13H2,1-3H3. The molecule has 0 amide bonds. The van der Waals surface area contributed by atoms with Gasteiger partial charge in [-0.05, 0) is 6.07 Å². The van der Waals surface area contributed by atoms with Gasteiger partial charge in [0.25, 0.3) is 0 Å². The smallest absolute Gasteiger partial charge is 0.188 e. The molecule has 0 fully saturated rings. The molecule has 0 saturated heterocycles. The number of unbranched alkanes of at least 4 members (excludes halogenated alkanes) is 3. The highest BCUT2D eigenvalue weighted by Crippen LogP contribution is 2.36. The molecule has 100 valence electrons. The van der Waals surface area contributed by atoms with Gasteiger partial charge in [-0.15, -0.1) is 0 Å². The zero-order valence-electron chi connectivity index (χ0n) is 12.4. The summed E-state index contributed by atoms with van der Waals surface area (Å²) in [5.41, 5.74) is 1.25. The summed E-state index contributed by atoms with van der Waals surface area (Å²) in [6.45, 7) is 7.01. The first-order chi connectivity index (χ1) is 8.70. The van der Waals surface area contributed by atoms with Crippen molar-refractivity contribution >= 4 is 12.9 Å². The highest BCUT2D eigenvalue weighted by atomic mass is 14.6. The van der Waals surface area contributed by atoms with E-state index in [0.717, 1.165) is 7.28 Å². The molecule has 0 bridgehead atoms. The molecule has 0 aromatic carbocycles. The van der Waals surface area contributed by atoms with Gasteiger partial charge in [-0.25, -0.2) is 0 Å². The Labute approximate surface area is 114 Å². The van der Waals surface area contributed by atoms with Crippen LogP contribution < -0.4 is 5.59 Å². The van der Waals surface area contributed by atoms with Crippen molar-refractivity contribution in [2.24, 2.45) is 0 Å². The van der Waals surface area contributed by atoms with Gasteiger partial charge >= 0.3 is 0 Å². The second-order valence-corrected chi connectivity index (χ2v) is 5.87. The molecule has 1 rings (SSSR count). The summed E-state index contributed by atoms with van der Waals surface area (Å²) in [5, 5.41) is 0.441. The summed E-state index contributed by atoms with van der Waals surface area (Å²) < 4.78 is 0. The van der Waals surface area contributed by atoms with Crippen LogP contribution >= 0.6 is 0 Å². The van der Waals surface area contributed by atoms with Gasteiger partial charge in [0.05, 0.1) is 0 Å². The average molecular weight is 245 g/mol. The lowest BCUT2D eigenvalue weighted by Gasteiger charge is -2.28. The SMILES string of the molecule is CCCCCCC(C)(Bc1ccccn1)CCC. The Morgan fingerprint density at radius 1 is 1.06 bits per heavy atom. The molecule has 0 aliphatic rings. The number of rotatable bonds is 9. The van der Waals surface area contributed by atoms with Crippen molar-refractivity contribution in [1.29, 1.82) is 0 Å². The van der Waals surface area contributed by atoms with Crippen molar-refractivity contribution in [2.45, 2.75) is 71.0 Å². The number of aromatic nitrogens is 1. The summed E-state index contributed by atoms with van der Waals surface area (Å²) in [6.07, 6.45) is 11.3. The fourth-order valence-corrected chi connectivity index (χ4v) is 2.82. The first kappa shape index (κ1) is 15.3. The minimum atomic E-state index is 0.441. The zero-order chi connectivity index (χ0) is 13.3. The summed E-state index contributed by atoms with van der Waals surface area (Å²) >= 11 is 0. The normalized spacial score (nSPS) is 14.2. The van der Waals surface area contributed by atoms with E-state index >= 15 is 0 Å². The molecule has 1 aromatic heterocycles. The minimum Gasteiger partial charge on any atom is -0.272 e. The van der Waals surface area contributed by atoms with Crippen LogP contribution in [0.25, 0.3) is 0 Å². The van der Waals surface area contributed by atoms with Gasteiger partial charge in [-0.2, -0.15) is 0 Å². The molecule has 18 heavy (non-hydrogen) atoms. The van der Waals surface area contributed by atoms with E-state index in [0.29, 0.717) is 5.31 Å². The third-order valence-corrected chi connectivity index (χ3v) is 3.82. The maximum Gasteiger partial charge on any atom is 0.188 e. The molecule has 0 aliphatic heterocycles. The molecule has 1 unspecified atom stereocenters. The van der Waals surface area contributed by atoms with Crippen molar-refractivity contribution in [1.82, 2.24) is 4.98 Å². The predicted octanol–water partition coefficient (Wildman–Crippen LogP) is 4.09. The van der Waals surface area contributed by atoms with Gasteiger partial charge < -0.3 is 0 Å². The van der Waals surface area contributed by atoms with Gasteiger partial charge in [-0.3, -0.25) is 4.98 Å². The molecular formula is C16H28BN. The third kappa shape index (κ3) is 5.70. The van der Waals surface area contributed by atoms with Crippen molar-refractivity contribution in [2.75, 3.05) is 0 Å². The Kier molecular flexibility index (Phi) is 7.08. The maximum absolute atomic E-state index is 4.49. The zero-order valence-corrected chi connectivity index (χ0v) is 12.4. The number of nitrogens with zero attached hydrogens (tertiary/aromatic N) is 1. The van der Waals surface area contributed by atoms with E-state index in [1.165, 1.54) is 50.5 Å². The topological polar surface area (TPSA) is 12.9 Å². The van der Waals surface area contributed by atoms with E-state index in [4.69, 9.17) is 0 Å². The third-order valence-electron chi connectivity index (χ3n) is 3.82. The Hall–Kier alpha value is -0.785. The molecule has 0 N–H and O–H groups in total. The van der Waals surface area contributed by atoms with Gasteiger partial charge in [0.15, 0.2) is 7.28 Å². The Bertz CT molecular complexity index is 312. The minimum absolute atomic E-state index is 0.441. The summed E-state index contributed by atoms with van der Waals surface area (Å²) in [7, 11) is 1.13. The molecule has 0 saturated carbocycles. The number of hydrogen-bond donors (Lipinski definition) is 0. The van der Waals surface area contributed by atoms with Crippen LogP contribution in [0.1, 0.15) is 65.7 Å². The molecule has 0 radical (unpaired) electrons. The van der Waals surface area contributed by atoms with E-state index in [1.54, 1.807) is 0 Å². The highest BCUT2D eigenvalue weighted by molar-refractivity contribution is 6.55. The van der Waals surface area contributed by atoms with Crippen molar-refractivity contribution < 1.29 is 0 Å². The summed E-state index contributed by atoms with van der Waals surface area (Å²) in [5.74, 6) is 0. The molecule has 0 spiro atoms. The summed E-state index contributed by atoms with van der Waals surface area (Å²) in [4.78, 5) is 4.49. The molecule has 0 aliphatic carbocycles. The largest absolute Gasteiger partial charge is 0.272 e. The predicted molar refractivity (Wildman–Crippen MR) is 83.1 cm³/mol. The lowest BCUT2D eigenvalue weighted by molar-refractivity contribution is 0.472. The maximum atomic E-state index is 4.49.